The summed E-state index contributed by atoms with van der Waals surface area (Å²) in [5.74, 6) is 0.780. The molecule has 2 rings (SSSR count). The molecule has 1 N–H and O–H groups in total. The monoisotopic (exact) mass is 364 g/mol. The molecule has 0 aromatic heterocycles. The Kier molecular flexibility index (Phi) is 2.68. The zero-order chi connectivity index (χ0) is 8.28. The van der Waals surface area contributed by atoms with Gasteiger partial charge in [0.25, 0.3) is 0 Å². The van der Waals surface area contributed by atoms with Crippen molar-refractivity contribution in [1.29, 1.82) is 0 Å². The molecule has 1 nitrogen and oxygen atoms in total. The molecule has 70 valence electrons. The molecule has 3 atom stereocenters. The molecule has 0 spiro atoms. The van der Waals surface area contributed by atoms with Crippen LogP contribution in [0.15, 0.2) is 0 Å². The van der Waals surface area contributed by atoms with Gasteiger partial charge in [-0.05, 0) is 36.0 Å². The van der Waals surface area contributed by atoms with Gasteiger partial charge < -0.3 is 5.11 Å². The van der Waals surface area contributed by atoms with Gasteiger partial charge in [0, 0.05) is 0 Å². The summed E-state index contributed by atoms with van der Waals surface area (Å²) < 4.78 is 0. The zero-order valence-corrected chi connectivity index (χ0v) is 13.9. The van der Waals surface area contributed by atoms with Crippen LogP contribution in [0, 0.1) is 16.7 Å². The summed E-state index contributed by atoms with van der Waals surface area (Å²) in [6, 6.07) is 0. The molecule has 0 aromatic carbocycles. The molecule has 2 bridgehead atoms. The Morgan fingerprint density at radius 3 is 2.00 bits per heavy atom. The second-order valence-corrected chi connectivity index (χ2v) is 5.13. The Morgan fingerprint density at radius 2 is 1.83 bits per heavy atom. The Labute approximate surface area is 95.1 Å². The molecule has 2 heteroatoms. The summed E-state index contributed by atoms with van der Waals surface area (Å²) in [6.07, 6.45) is 3.58. The van der Waals surface area contributed by atoms with Crippen LogP contribution in [-0.2, 0) is 0 Å². The van der Waals surface area contributed by atoms with Crippen molar-refractivity contribution >= 4 is 27.3 Å². The molecule has 0 saturated heterocycles. The van der Waals surface area contributed by atoms with E-state index in [4.69, 9.17) is 0 Å². The van der Waals surface area contributed by atoms with Gasteiger partial charge in [0.05, 0.1) is 6.10 Å². The SMILES string of the molecule is CC1(C)C2CCC1(C)C(O)C2.[PbH2]. The van der Waals surface area contributed by atoms with E-state index in [1.165, 1.54) is 12.8 Å². The van der Waals surface area contributed by atoms with Gasteiger partial charge in [0.15, 0.2) is 0 Å². The van der Waals surface area contributed by atoms with Crippen LogP contribution in [0.2, 0.25) is 0 Å². The summed E-state index contributed by atoms with van der Waals surface area (Å²) in [7, 11) is 0. The summed E-state index contributed by atoms with van der Waals surface area (Å²) in [4.78, 5) is 0. The summed E-state index contributed by atoms with van der Waals surface area (Å²) in [6.45, 7) is 6.90. The predicted molar refractivity (Wildman–Crippen MR) is 53.8 cm³/mol. The number of rotatable bonds is 0. The van der Waals surface area contributed by atoms with Gasteiger partial charge in [0.2, 0.25) is 0 Å². The molecule has 0 aliphatic heterocycles. The van der Waals surface area contributed by atoms with E-state index in [9.17, 15) is 5.11 Å². The molecule has 2 radical (unpaired) electrons. The average molecular weight is 363 g/mol. The van der Waals surface area contributed by atoms with Crippen molar-refractivity contribution in [2.45, 2.75) is 46.1 Å². The van der Waals surface area contributed by atoms with Gasteiger partial charge in [-0.2, -0.15) is 0 Å². The molecule has 2 fully saturated rings. The number of aliphatic hydroxyl groups is 1. The van der Waals surface area contributed by atoms with Gasteiger partial charge >= 0.3 is 27.3 Å². The number of hydrogen-bond acceptors (Lipinski definition) is 1. The third-order valence-electron chi connectivity index (χ3n) is 4.75. The zero-order valence-electron chi connectivity index (χ0n) is 8.43. The van der Waals surface area contributed by atoms with Crippen molar-refractivity contribution in [1.82, 2.24) is 0 Å². The Balaban J connectivity index is 0.000000720. The van der Waals surface area contributed by atoms with Gasteiger partial charge in [-0.1, -0.05) is 20.8 Å². The van der Waals surface area contributed by atoms with Gasteiger partial charge in [0.1, 0.15) is 0 Å². The third-order valence-corrected chi connectivity index (χ3v) is 4.75. The molecule has 2 aliphatic rings. The second-order valence-electron chi connectivity index (χ2n) is 5.13. The molecule has 2 saturated carbocycles. The Hall–Kier alpha value is 0.882. The van der Waals surface area contributed by atoms with Gasteiger partial charge in [-0.3, -0.25) is 0 Å². The van der Waals surface area contributed by atoms with E-state index in [2.05, 4.69) is 20.8 Å². The van der Waals surface area contributed by atoms with Crippen LogP contribution in [0.4, 0.5) is 0 Å². The number of fused-ring (bicyclic) bond motifs is 2. The molecule has 2 aliphatic carbocycles. The van der Waals surface area contributed by atoms with Gasteiger partial charge in [-0.15, -0.1) is 0 Å². The second kappa shape index (κ2) is 2.94. The molecular weight excluding hydrogens is 343 g/mol. The summed E-state index contributed by atoms with van der Waals surface area (Å²) in [5.41, 5.74) is 0.601. The fraction of sp³-hybridized carbons (Fsp3) is 1.00. The van der Waals surface area contributed by atoms with E-state index >= 15 is 0 Å². The van der Waals surface area contributed by atoms with Crippen LogP contribution in [0.5, 0.6) is 0 Å². The van der Waals surface area contributed by atoms with Gasteiger partial charge in [-0.25, -0.2) is 0 Å². The van der Waals surface area contributed by atoms with Crippen LogP contribution in [0.25, 0.3) is 0 Å². The molecule has 3 unspecified atom stereocenters. The predicted octanol–water partition coefficient (Wildman–Crippen LogP) is 1.28. The topological polar surface area (TPSA) is 20.2 Å². The summed E-state index contributed by atoms with van der Waals surface area (Å²) >= 11 is 0. The average Bonchev–Trinajstić information content (AvgIpc) is 2.20. The maximum absolute atomic E-state index is 9.81. The normalized spacial score (nSPS) is 49.0. The van der Waals surface area contributed by atoms with Crippen molar-refractivity contribution in [3.8, 4) is 0 Å². The van der Waals surface area contributed by atoms with E-state index in [0.717, 1.165) is 12.3 Å². The minimum atomic E-state index is -0.0313. The van der Waals surface area contributed by atoms with Crippen molar-refractivity contribution in [3.63, 3.8) is 0 Å². The fourth-order valence-corrected chi connectivity index (χ4v) is 3.16. The van der Waals surface area contributed by atoms with E-state index in [1.807, 2.05) is 0 Å². The van der Waals surface area contributed by atoms with Crippen molar-refractivity contribution in [3.05, 3.63) is 0 Å². The molecule has 12 heavy (non-hydrogen) atoms. The third kappa shape index (κ3) is 1.05. The first-order valence-electron chi connectivity index (χ1n) is 4.66. The van der Waals surface area contributed by atoms with Crippen molar-refractivity contribution in [2.24, 2.45) is 16.7 Å². The van der Waals surface area contributed by atoms with Crippen LogP contribution in [-0.4, -0.2) is 38.5 Å². The van der Waals surface area contributed by atoms with E-state index in [0.29, 0.717) is 5.41 Å². The molecule has 0 heterocycles. The first kappa shape index (κ1) is 11.0. The number of aliphatic hydroxyl groups excluding tert-OH is 1. The molecular formula is C10H20OPb. The quantitative estimate of drug-likeness (QED) is 0.643. The first-order chi connectivity index (χ1) is 4.98. The maximum atomic E-state index is 9.81. The van der Waals surface area contributed by atoms with Crippen molar-refractivity contribution in [2.75, 3.05) is 0 Å². The Morgan fingerprint density at radius 1 is 1.25 bits per heavy atom. The van der Waals surface area contributed by atoms with Crippen LogP contribution in [0.3, 0.4) is 0 Å². The van der Waals surface area contributed by atoms with E-state index < -0.39 is 0 Å². The first-order valence-corrected chi connectivity index (χ1v) is 4.66. The van der Waals surface area contributed by atoms with E-state index in [-0.39, 0.29) is 38.8 Å². The molecule has 0 amide bonds. The van der Waals surface area contributed by atoms with Crippen LogP contribution < -0.4 is 0 Å². The number of hydrogen-bond donors (Lipinski definition) is 1. The Bertz CT molecular complexity index is 190. The van der Waals surface area contributed by atoms with E-state index in [1.54, 1.807) is 0 Å². The summed E-state index contributed by atoms with van der Waals surface area (Å²) in [5, 5.41) is 9.81. The minimum absolute atomic E-state index is 0. The molecule has 0 aromatic rings. The van der Waals surface area contributed by atoms with Crippen molar-refractivity contribution < 1.29 is 5.11 Å². The fourth-order valence-electron chi connectivity index (χ4n) is 3.16. The van der Waals surface area contributed by atoms with Crippen LogP contribution >= 0.6 is 0 Å². The van der Waals surface area contributed by atoms with Crippen LogP contribution in [0.1, 0.15) is 40.0 Å². The standard InChI is InChI=1S/C10H18O.Pb.2H/c1-9(2)7-4-5-10(9,3)8(11)6-7;;;/h7-8,11H,4-6H2,1-3H3;;;.